The molecule has 2 nitrogen and oxygen atoms in total. The zero-order valence-electron chi connectivity index (χ0n) is 11.6. The average Bonchev–Trinajstić information content (AvgIpc) is 2.37. The highest BCUT2D eigenvalue weighted by atomic mass is 16.5. The van der Waals surface area contributed by atoms with E-state index in [4.69, 9.17) is 4.74 Å². The Labute approximate surface area is 111 Å². The second-order valence-electron chi connectivity index (χ2n) is 5.58. The Hall–Kier alpha value is -1.18. The molecule has 2 heteroatoms. The Balaban J connectivity index is 1.84. The summed E-state index contributed by atoms with van der Waals surface area (Å²) >= 11 is 0. The molecular weight excluding hydrogens is 222 g/mol. The fraction of sp³-hybridized carbons (Fsp3) is 0.625. The Morgan fingerprint density at radius 2 is 2.00 bits per heavy atom. The second kappa shape index (κ2) is 6.67. The van der Waals surface area contributed by atoms with Crippen LogP contribution in [0.15, 0.2) is 24.3 Å². The lowest BCUT2D eigenvalue weighted by Crippen LogP contribution is -2.17. The normalized spacial score (nSPS) is 16.8. The van der Waals surface area contributed by atoms with E-state index in [-0.39, 0.29) is 6.10 Å². The van der Waals surface area contributed by atoms with E-state index in [9.17, 15) is 0 Å². The van der Waals surface area contributed by atoms with Crippen molar-refractivity contribution < 1.29 is 4.74 Å². The molecule has 100 valence electrons. The molecule has 0 aliphatic heterocycles. The molecule has 0 heterocycles. The molecule has 1 aliphatic rings. The second-order valence-corrected chi connectivity index (χ2v) is 5.58. The lowest BCUT2D eigenvalue weighted by atomic mass is 9.89. The third-order valence-corrected chi connectivity index (χ3v) is 3.53. The van der Waals surface area contributed by atoms with Crippen LogP contribution in [0.4, 0.5) is 5.69 Å². The van der Waals surface area contributed by atoms with Crippen LogP contribution in [0.2, 0.25) is 0 Å². The van der Waals surface area contributed by atoms with Crippen molar-refractivity contribution in [1.82, 2.24) is 0 Å². The zero-order chi connectivity index (χ0) is 12.8. The topological polar surface area (TPSA) is 21.3 Å². The summed E-state index contributed by atoms with van der Waals surface area (Å²) in [7, 11) is 0. The average molecular weight is 247 g/mol. The van der Waals surface area contributed by atoms with E-state index >= 15 is 0 Å². The molecule has 0 spiro atoms. The van der Waals surface area contributed by atoms with Gasteiger partial charge in [0.2, 0.25) is 0 Å². The van der Waals surface area contributed by atoms with Crippen molar-refractivity contribution in [2.24, 2.45) is 5.92 Å². The maximum Gasteiger partial charge on any atom is 0.121 e. The first-order valence-corrected chi connectivity index (χ1v) is 7.24. The van der Waals surface area contributed by atoms with Crippen molar-refractivity contribution in [2.45, 2.75) is 52.1 Å². The molecule has 0 unspecified atom stereocenters. The van der Waals surface area contributed by atoms with Crippen LogP contribution in [0.3, 0.4) is 0 Å². The van der Waals surface area contributed by atoms with Crippen LogP contribution in [0.5, 0.6) is 5.75 Å². The highest BCUT2D eigenvalue weighted by Gasteiger charge is 2.12. The monoisotopic (exact) mass is 247 g/mol. The fourth-order valence-corrected chi connectivity index (χ4v) is 2.60. The van der Waals surface area contributed by atoms with Crippen LogP contribution in [0.1, 0.15) is 46.0 Å². The van der Waals surface area contributed by atoms with Crippen molar-refractivity contribution in [3.63, 3.8) is 0 Å². The van der Waals surface area contributed by atoms with Gasteiger partial charge in [-0.1, -0.05) is 25.3 Å². The molecule has 1 aromatic rings. The predicted molar refractivity (Wildman–Crippen MR) is 77.3 cm³/mol. The Kier molecular flexibility index (Phi) is 4.91. The number of ether oxygens (including phenoxy) is 1. The van der Waals surface area contributed by atoms with Gasteiger partial charge in [0.1, 0.15) is 5.75 Å². The molecule has 0 aromatic heterocycles. The Bertz CT molecular complexity index is 356. The molecule has 0 amide bonds. The quantitative estimate of drug-likeness (QED) is 0.829. The number of anilines is 1. The van der Waals surface area contributed by atoms with Gasteiger partial charge >= 0.3 is 0 Å². The van der Waals surface area contributed by atoms with Gasteiger partial charge in [0.05, 0.1) is 6.10 Å². The Morgan fingerprint density at radius 1 is 1.22 bits per heavy atom. The van der Waals surface area contributed by atoms with Crippen molar-refractivity contribution in [1.29, 1.82) is 0 Å². The third-order valence-electron chi connectivity index (χ3n) is 3.53. The molecular formula is C16H25NO. The minimum absolute atomic E-state index is 0.235. The van der Waals surface area contributed by atoms with Crippen LogP contribution >= 0.6 is 0 Å². The molecule has 0 saturated heterocycles. The van der Waals surface area contributed by atoms with Crippen molar-refractivity contribution >= 4 is 5.69 Å². The van der Waals surface area contributed by atoms with Gasteiger partial charge in [-0.25, -0.2) is 0 Å². The van der Waals surface area contributed by atoms with Gasteiger partial charge in [-0.3, -0.25) is 0 Å². The van der Waals surface area contributed by atoms with Crippen LogP contribution in [0.25, 0.3) is 0 Å². The number of hydrogen-bond acceptors (Lipinski definition) is 2. The van der Waals surface area contributed by atoms with Gasteiger partial charge in [-0.2, -0.15) is 0 Å². The van der Waals surface area contributed by atoms with Crippen LogP contribution < -0.4 is 10.1 Å². The molecule has 0 radical (unpaired) electrons. The first-order chi connectivity index (χ1) is 8.74. The lowest BCUT2D eigenvalue weighted by Gasteiger charge is -2.22. The summed E-state index contributed by atoms with van der Waals surface area (Å²) in [6, 6.07) is 8.30. The zero-order valence-corrected chi connectivity index (χ0v) is 11.6. The van der Waals surface area contributed by atoms with E-state index in [1.807, 2.05) is 6.07 Å². The number of hydrogen-bond donors (Lipinski definition) is 1. The lowest BCUT2D eigenvalue weighted by molar-refractivity contribution is 0.242. The number of rotatable bonds is 5. The van der Waals surface area contributed by atoms with Crippen LogP contribution in [-0.4, -0.2) is 12.6 Å². The van der Waals surface area contributed by atoms with E-state index in [1.54, 1.807) is 0 Å². The van der Waals surface area contributed by atoms with E-state index in [2.05, 4.69) is 37.4 Å². The highest BCUT2D eigenvalue weighted by Crippen LogP contribution is 2.25. The van der Waals surface area contributed by atoms with Gasteiger partial charge in [0.25, 0.3) is 0 Å². The molecule has 18 heavy (non-hydrogen) atoms. The minimum atomic E-state index is 0.235. The van der Waals surface area contributed by atoms with Crippen LogP contribution in [0, 0.1) is 5.92 Å². The minimum Gasteiger partial charge on any atom is -0.491 e. The summed E-state index contributed by atoms with van der Waals surface area (Å²) in [5, 5.41) is 3.55. The summed E-state index contributed by atoms with van der Waals surface area (Å²) in [6.07, 6.45) is 7.24. The van der Waals surface area contributed by atoms with Gasteiger partial charge in [-0.05, 0) is 44.7 Å². The summed E-state index contributed by atoms with van der Waals surface area (Å²) in [4.78, 5) is 0. The molecule has 1 saturated carbocycles. The molecule has 0 bridgehead atoms. The first-order valence-electron chi connectivity index (χ1n) is 7.24. The van der Waals surface area contributed by atoms with Gasteiger partial charge < -0.3 is 10.1 Å². The van der Waals surface area contributed by atoms with E-state index in [0.29, 0.717) is 0 Å². The highest BCUT2D eigenvalue weighted by molar-refractivity contribution is 5.48. The summed E-state index contributed by atoms with van der Waals surface area (Å²) in [6.45, 7) is 5.22. The SMILES string of the molecule is CC(C)Oc1cccc(NCC2CCCCC2)c1. The summed E-state index contributed by atoms with van der Waals surface area (Å²) in [5.74, 6) is 1.81. The van der Waals surface area contributed by atoms with Gasteiger partial charge in [-0.15, -0.1) is 0 Å². The maximum atomic E-state index is 5.71. The molecule has 1 N–H and O–H groups in total. The van der Waals surface area contributed by atoms with Gasteiger partial charge in [0.15, 0.2) is 0 Å². The van der Waals surface area contributed by atoms with Crippen molar-refractivity contribution in [3.8, 4) is 5.75 Å². The van der Waals surface area contributed by atoms with E-state index in [0.717, 1.165) is 18.2 Å². The smallest absolute Gasteiger partial charge is 0.121 e. The van der Waals surface area contributed by atoms with Crippen molar-refractivity contribution in [2.75, 3.05) is 11.9 Å². The van der Waals surface area contributed by atoms with Crippen molar-refractivity contribution in [3.05, 3.63) is 24.3 Å². The summed E-state index contributed by atoms with van der Waals surface area (Å²) in [5.41, 5.74) is 1.18. The largest absolute Gasteiger partial charge is 0.491 e. The molecule has 1 aromatic carbocycles. The third kappa shape index (κ3) is 4.25. The summed E-state index contributed by atoms with van der Waals surface area (Å²) < 4.78 is 5.71. The number of benzene rings is 1. The molecule has 1 fully saturated rings. The standard InChI is InChI=1S/C16H25NO/c1-13(2)18-16-10-6-9-15(11-16)17-12-14-7-4-3-5-8-14/h6,9-11,13-14,17H,3-5,7-8,12H2,1-2H3. The predicted octanol–water partition coefficient (Wildman–Crippen LogP) is 4.47. The fourth-order valence-electron chi connectivity index (χ4n) is 2.60. The van der Waals surface area contributed by atoms with Crippen LogP contribution in [-0.2, 0) is 0 Å². The molecule has 0 atom stereocenters. The first kappa shape index (κ1) is 13.3. The molecule has 1 aliphatic carbocycles. The maximum absolute atomic E-state index is 5.71. The van der Waals surface area contributed by atoms with E-state index in [1.165, 1.54) is 37.8 Å². The Morgan fingerprint density at radius 3 is 2.72 bits per heavy atom. The van der Waals surface area contributed by atoms with Gasteiger partial charge in [0, 0.05) is 18.3 Å². The molecule has 2 rings (SSSR count). The number of nitrogens with one attached hydrogen (secondary N) is 1. The van der Waals surface area contributed by atoms with E-state index < -0.39 is 0 Å².